The van der Waals surface area contributed by atoms with Crippen molar-refractivity contribution in [1.29, 1.82) is 0 Å². The first-order valence-corrected chi connectivity index (χ1v) is 18.5. The summed E-state index contributed by atoms with van der Waals surface area (Å²) in [7, 11) is 0. The molecule has 54 heavy (non-hydrogen) atoms. The topological polar surface area (TPSA) is 9.86 Å². The number of rotatable bonds is 7. The van der Waals surface area contributed by atoms with Gasteiger partial charge in [0.05, 0.1) is 22.4 Å². The van der Waals surface area contributed by atoms with Crippen LogP contribution in [0.5, 0.6) is 0 Å². The highest BCUT2D eigenvalue weighted by Gasteiger charge is 2.16. The molecule has 0 saturated heterocycles. The van der Waals surface area contributed by atoms with E-state index in [-0.39, 0.29) is 0 Å². The average molecular weight is 689 g/mol. The Bertz CT molecular complexity index is 2660. The predicted octanol–water partition coefficient (Wildman–Crippen LogP) is 13.9. The third-order valence-electron chi connectivity index (χ3n) is 10.5. The number of hydrogen-bond donors (Lipinski definition) is 0. The second kappa shape index (κ2) is 13.4. The zero-order valence-electron chi connectivity index (χ0n) is 29.7. The van der Waals surface area contributed by atoms with Crippen molar-refractivity contribution in [1.82, 2.24) is 9.13 Å². The maximum Gasteiger partial charge on any atom is 0.0540 e. The monoisotopic (exact) mass is 688 g/mol. The summed E-state index contributed by atoms with van der Waals surface area (Å²) < 4.78 is 4.78. The molecule has 0 unspecified atom stereocenters. The quantitative estimate of drug-likeness (QED) is 0.158. The van der Waals surface area contributed by atoms with Crippen molar-refractivity contribution >= 4 is 21.8 Å². The molecular weight excluding hydrogens is 653 g/mol. The first kappa shape index (κ1) is 31.6. The van der Waals surface area contributed by atoms with Crippen LogP contribution in [0.1, 0.15) is 0 Å². The second-order valence-corrected chi connectivity index (χ2v) is 13.8. The highest BCUT2D eigenvalue weighted by Crippen LogP contribution is 2.38. The van der Waals surface area contributed by atoms with Crippen LogP contribution in [0, 0.1) is 0 Å². The minimum absolute atomic E-state index is 1.14. The lowest BCUT2D eigenvalue weighted by atomic mass is 10.0. The molecule has 0 N–H and O–H groups in total. The van der Waals surface area contributed by atoms with Gasteiger partial charge in [-0.05, 0) is 105 Å². The maximum absolute atomic E-state index is 2.39. The molecule has 0 bridgehead atoms. The molecule has 254 valence electrons. The first-order valence-electron chi connectivity index (χ1n) is 18.5. The summed E-state index contributed by atoms with van der Waals surface area (Å²) in [5.41, 5.74) is 16.6. The zero-order valence-corrected chi connectivity index (χ0v) is 29.7. The normalized spacial score (nSPS) is 11.3. The Labute approximate surface area is 315 Å². The maximum atomic E-state index is 2.39. The fraction of sp³-hybridized carbons (Fsp3) is 0. The SMILES string of the molecule is c1ccc(-c2ccc(-n3c(-c4ccccc4)cc4cc(-c5ccc6c(c5)cc(-c5ccccc5)n6-c5ccc(-c6ccccc6)cc5)ccc43)cc2)cc1. The number of benzene rings is 8. The molecular formula is C52H36N2. The molecule has 0 fully saturated rings. The number of aromatic nitrogens is 2. The van der Waals surface area contributed by atoms with Crippen molar-refractivity contribution in [2.24, 2.45) is 0 Å². The van der Waals surface area contributed by atoms with Gasteiger partial charge in [0.25, 0.3) is 0 Å². The summed E-state index contributed by atoms with van der Waals surface area (Å²) in [6.45, 7) is 0. The van der Waals surface area contributed by atoms with Gasteiger partial charge in [-0.3, -0.25) is 0 Å². The first-order chi connectivity index (χ1) is 26.8. The molecule has 8 aromatic carbocycles. The molecule has 10 rings (SSSR count). The molecule has 0 aliphatic heterocycles. The number of hydrogen-bond acceptors (Lipinski definition) is 0. The summed E-state index contributed by atoms with van der Waals surface area (Å²) >= 11 is 0. The molecule has 0 atom stereocenters. The van der Waals surface area contributed by atoms with Crippen LogP contribution in [0.4, 0.5) is 0 Å². The standard InChI is InChI=1S/C52H36N2/c1-5-13-37(14-6-1)39-21-27-47(28-22-39)53-49-31-25-43(33-45(49)35-51(53)41-17-9-3-10-18-41)44-26-32-50-46(34-44)36-52(42-19-11-4-12-20-42)54(50)48-29-23-40(24-30-48)38-15-7-2-8-16-38/h1-36H. The van der Waals surface area contributed by atoms with E-state index in [1.807, 2.05) is 0 Å². The van der Waals surface area contributed by atoms with E-state index >= 15 is 0 Å². The van der Waals surface area contributed by atoms with Crippen LogP contribution in [-0.4, -0.2) is 9.13 Å². The van der Waals surface area contributed by atoms with Crippen molar-refractivity contribution in [2.75, 3.05) is 0 Å². The number of nitrogens with zero attached hydrogens (tertiary/aromatic N) is 2. The molecule has 2 nitrogen and oxygen atoms in total. The lowest BCUT2D eigenvalue weighted by Crippen LogP contribution is -1.97. The molecule has 0 aliphatic carbocycles. The van der Waals surface area contributed by atoms with Gasteiger partial charge in [0.2, 0.25) is 0 Å². The van der Waals surface area contributed by atoms with E-state index in [2.05, 4.69) is 228 Å². The molecule has 2 heteroatoms. The summed E-state index contributed by atoms with van der Waals surface area (Å²) in [6, 6.07) is 78.8. The van der Waals surface area contributed by atoms with Crippen molar-refractivity contribution in [3.63, 3.8) is 0 Å². The van der Waals surface area contributed by atoms with E-state index in [9.17, 15) is 0 Å². The Morgan fingerprint density at radius 1 is 0.222 bits per heavy atom. The third kappa shape index (κ3) is 5.71. The van der Waals surface area contributed by atoms with Crippen molar-refractivity contribution in [3.8, 4) is 67.3 Å². The summed E-state index contributed by atoms with van der Waals surface area (Å²) in [5, 5.41) is 2.42. The van der Waals surface area contributed by atoms with Gasteiger partial charge in [0.1, 0.15) is 0 Å². The summed E-state index contributed by atoms with van der Waals surface area (Å²) in [4.78, 5) is 0. The molecule has 2 aromatic heterocycles. The Balaban J connectivity index is 1.07. The van der Waals surface area contributed by atoms with Gasteiger partial charge in [-0.15, -0.1) is 0 Å². The van der Waals surface area contributed by atoms with Gasteiger partial charge in [-0.2, -0.15) is 0 Å². The molecule has 0 radical (unpaired) electrons. The Morgan fingerprint density at radius 3 is 0.870 bits per heavy atom. The summed E-state index contributed by atoms with van der Waals surface area (Å²) in [5.74, 6) is 0. The Kier molecular flexibility index (Phi) is 7.85. The van der Waals surface area contributed by atoms with Gasteiger partial charge in [0.15, 0.2) is 0 Å². The highest BCUT2D eigenvalue weighted by molar-refractivity contribution is 5.96. The van der Waals surface area contributed by atoms with E-state index < -0.39 is 0 Å². The fourth-order valence-electron chi connectivity index (χ4n) is 7.86. The van der Waals surface area contributed by atoms with E-state index in [4.69, 9.17) is 0 Å². The molecule has 2 heterocycles. The lowest BCUT2D eigenvalue weighted by Gasteiger charge is -2.13. The lowest BCUT2D eigenvalue weighted by molar-refractivity contribution is 1.13. The van der Waals surface area contributed by atoms with Crippen LogP contribution in [0.15, 0.2) is 218 Å². The van der Waals surface area contributed by atoms with Crippen LogP contribution in [0.3, 0.4) is 0 Å². The van der Waals surface area contributed by atoms with Crippen molar-refractivity contribution in [3.05, 3.63) is 218 Å². The third-order valence-corrected chi connectivity index (χ3v) is 10.5. The molecule has 10 aromatic rings. The highest BCUT2D eigenvalue weighted by atomic mass is 15.0. The van der Waals surface area contributed by atoms with E-state index in [0.717, 1.165) is 11.4 Å². The molecule has 0 amide bonds. The van der Waals surface area contributed by atoms with Gasteiger partial charge in [-0.25, -0.2) is 0 Å². The largest absolute Gasteiger partial charge is 0.309 e. The Morgan fingerprint density at radius 2 is 0.519 bits per heavy atom. The summed E-state index contributed by atoms with van der Waals surface area (Å²) in [6.07, 6.45) is 0. The van der Waals surface area contributed by atoms with Crippen molar-refractivity contribution < 1.29 is 0 Å². The minimum Gasteiger partial charge on any atom is -0.309 e. The van der Waals surface area contributed by atoms with Gasteiger partial charge in [0, 0.05) is 22.1 Å². The zero-order chi connectivity index (χ0) is 35.8. The van der Waals surface area contributed by atoms with Crippen LogP contribution in [0.2, 0.25) is 0 Å². The second-order valence-electron chi connectivity index (χ2n) is 13.8. The van der Waals surface area contributed by atoms with Crippen LogP contribution in [-0.2, 0) is 0 Å². The van der Waals surface area contributed by atoms with Crippen LogP contribution >= 0.6 is 0 Å². The number of fused-ring (bicyclic) bond motifs is 2. The average Bonchev–Trinajstić information content (AvgIpc) is 3.84. The van der Waals surface area contributed by atoms with Gasteiger partial charge >= 0.3 is 0 Å². The Hall–Kier alpha value is -7.16. The van der Waals surface area contributed by atoms with E-state index in [0.29, 0.717) is 0 Å². The molecule has 0 aliphatic rings. The van der Waals surface area contributed by atoms with E-state index in [1.165, 1.54) is 77.7 Å². The van der Waals surface area contributed by atoms with Crippen LogP contribution < -0.4 is 0 Å². The van der Waals surface area contributed by atoms with Gasteiger partial charge < -0.3 is 9.13 Å². The fourth-order valence-corrected chi connectivity index (χ4v) is 7.86. The predicted molar refractivity (Wildman–Crippen MR) is 227 cm³/mol. The van der Waals surface area contributed by atoms with Crippen LogP contribution in [0.25, 0.3) is 89.1 Å². The van der Waals surface area contributed by atoms with E-state index in [1.54, 1.807) is 0 Å². The molecule has 0 spiro atoms. The van der Waals surface area contributed by atoms with Gasteiger partial charge in [-0.1, -0.05) is 158 Å². The minimum atomic E-state index is 1.14. The molecule has 0 saturated carbocycles. The smallest absolute Gasteiger partial charge is 0.0540 e. The van der Waals surface area contributed by atoms with Crippen molar-refractivity contribution in [2.45, 2.75) is 0 Å².